The lowest BCUT2D eigenvalue weighted by molar-refractivity contribution is -0.140. The first-order valence-corrected chi connectivity index (χ1v) is 14.5. The Bertz CT molecular complexity index is 1850. The van der Waals surface area contributed by atoms with Gasteiger partial charge in [0.1, 0.15) is 0 Å². The Morgan fingerprint density at radius 2 is 1.80 bits per heavy atom. The third-order valence-electron chi connectivity index (χ3n) is 9.36. The molecule has 0 spiro atoms. The Morgan fingerprint density at radius 1 is 1.07 bits per heavy atom. The molecular formula is C35H38N4O2. The molecule has 2 aliphatic heterocycles. The molecule has 8 bridgehead atoms. The van der Waals surface area contributed by atoms with Crippen molar-refractivity contribution < 1.29 is 9.53 Å². The summed E-state index contributed by atoms with van der Waals surface area (Å²) in [5.41, 5.74) is 17.4. The first-order valence-electron chi connectivity index (χ1n) is 14.5. The van der Waals surface area contributed by atoms with Gasteiger partial charge in [-0.1, -0.05) is 33.1 Å². The van der Waals surface area contributed by atoms with Gasteiger partial charge in [-0.25, -0.2) is 4.98 Å². The quantitative estimate of drug-likeness (QED) is 0.317. The summed E-state index contributed by atoms with van der Waals surface area (Å²) in [4.78, 5) is 30.1. The van der Waals surface area contributed by atoms with Crippen LogP contribution in [0.25, 0.3) is 39.3 Å². The molecule has 0 unspecified atom stereocenters. The number of allylic oxidation sites excluding steroid dienone is 3. The van der Waals surface area contributed by atoms with Crippen LogP contribution in [0.5, 0.6) is 0 Å². The van der Waals surface area contributed by atoms with E-state index in [0.29, 0.717) is 12.8 Å². The van der Waals surface area contributed by atoms with Crippen LogP contribution >= 0.6 is 0 Å². The van der Waals surface area contributed by atoms with Crippen LogP contribution in [0.1, 0.15) is 96.0 Å². The van der Waals surface area contributed by atoms with E-state index in [4.69, 9.17) is 14.7 Å². The molecule has 41 heavy (non-hydrogen) atoms. The predicted molar refractivity (Wildman–Crippen MR) is 168 cm³/mol. The minimum absolute atomic E-state index is 0.0780. The van der Waals surface area contributed by atoms with E-state index >= 15 is 0 Å². The third-order valence-corrected chi connectivity index (χ3v) is 9.36. The maximum absolute atomic E-state index is 12.2. The summed E-state index contributed by atoms with van der Waals surface area (Å²) in [6.07, 6.45) is 4.57. The molecule has 5 heterocycles. The monoisotopic (exact) mass is 546 g/mol. The molecule has 0 saturated heterocycles. The van der Waals surface area contributed by atoms with Crippen LogP contribution in [0.3, 0.4) is 0 Å². The van der Waals surface area contributed by atoms with Crippen molar-refractivity contribution in [2.75, 3.05) is 7.11 Å². The van der Waals surface area contributed by atoms with E-state index in [1.807, 2.05) is 6.08 Å². The van der Waals surface area contributed by atoms with Gasteiger partial charge in [0, 0.05) is 69.1 Å². The molecule has 1 aliphatic carbocycles. The highest BCUT2D eigenvalue weighted by molar-refractivity contribution is 6.02. The maximum atomic E-state index is 12.2. The number of H-pyrrole nitrogens is 2. The number of methoxy groups -OCH3 is 1. The van der Waals surface area contributed by atoms with Crippen LogP contribution in [-0.2, 0) is 22.4 Å². The number of carbonyl (C=O) groups excluding carboxylic acids is 1. The smallest absolute Gasteiger partial charge is 0.305 e. The molecule has 210 valence electrons. The van der Waals surface area contributed by atoms with Gasteiger partial charge in [0.05, 0.1) is 24.2 Å². The molecule has 3 aliphatic rings. The van der Waals surface area contributed by atoms with Gasteiger partial charge in [-0.05, 0) is 79.6 Å². The standard InChI is InChI=1S/C35H38N4O2/c1-9-22-18(4)26-14-28-20(6)24(11-12-32(40)41-8)34(38-28)25-13-17(3)33-21(7)29(39-35(25)33)16-31-23(10-2)19(5)27(37-31)15-30(22)36-26/h9,14-16,20,24,36-37H,1,3,10-13H2,2,4-8H3/t20-,24-/m0/s1. The third kappa shape index (κ3) is 4.19. The number of hydrogen-bond acceptors (Lipinski definition) is 4. The molecule has 6 nitrogen and oxygen atoms in total. The normalized spacial score (nSPS) is 17.9. The second-order valence-corrected chi connectivity index (χ2v) is 11.6. The number of ether oxygens (including phenoxy) is 1. The van der Waals surface area contributed by atoms with E-state index in [-0.39, 0.29) is 17.8 Å². The number of nitrogens with zero attached hydrogens (tertiary/aromatic N) is 2. The molecule has 0 amide bonds. The van der Waals surface area contributed by atoms with Gasteiger partial charge in [0.15, 0.2) is 0 Å². The number of nitrogens with one attached hydrogen (secondary N) is 2. The molecule has 6 heteroatoms. The van der Waals surface area contributed by atoms with E-state index < -0.39 is 0 Å². The van der Waals surface area contributed by atoms with Crippen molar-refractivity contribution in [2.45, 2.75) is 72.1 Å². The van der Waals surface area contributed by atoms with Crippen molar-refractivity contribution in [3.05, 3.63) is 87.5 Å². The fraction of sp³-hybridized carbons (Fsp3) is 0.343. The fourth-order valence-corrected chi connectivity index (χ4v) is 6.94. The molecule has 2 N–H and O–H groups in total. The van der Waals surface area contributed by atoms with E-state index in [2.05, 4.69) is 75.9 Å². The van der Waals surface area contributed by atoms with E-state index in [9.17, 15) is 4.79 Å². The fourth-order valence-electron chi connectivity index (χ4n) is 6.94. The zero-order valence-electron chi connectivity index (χ0n) is 24.9. The SMILES string of the molecule is C=Cc1c(C)c2cc3nc(c4c5nc(cc6[nH]c(cc1[nH]2)c(C)c6CC)C(C)=C5C(=C)C4)[C@@H](CCC(=O)OC)[C@@H]3C. The Morgan fingerprint density at radius 3 is 2.51 bits per heavy atom. The molecule has 6 rings (SSSR count). The van der Waals surface area contributed by atoms with Gasteiger partial charge < -0.3 is 14.7 Å². The van der Waals surface area contributed by atoms with Crippen molar-refractivity contribution in [3.63, 3.8) is 0 Å². The van der Waals surface area contributed by atoms with E-state index in [1.165, 1.54) is 18.2 Å². The van der Waals surface area contributed by atoms with Gasteiger partial charge in [0.25, 0.3) is 0 Å². The molecular weight excluding hydrogens is 508 g/mol. The van der Waals surface area contributed by atoms with Crippen LogP contribution in [-0.4, -0.2) is 33.0 Å². The number of fused-ring (bicyclic) bond motifs is 8. The summed E-state index contributed by atoms with van der Waals surface area (Å²) >= 11 is 0. The Balaban J connectivity index is 1.75. The number of aromatic amines is 2. The first kappa shape index (κ1) is 27.0. The number of aromatic nitrogens is 4. The van der Waals surface area contributed by atoms with Crippen molar-refractivity contribution >= 4 is 45.3 Å². The highest BCUT2D eigenvalue weighted by Crippen LogP contribution is 2.48. The Kier molecular flexibility index (Phi) is 6.60. The molecule has 0 saturated carbocycles. The lowest BCUT2D eigenvalue weighted by Gasteiger charge is -2.16. The van der Waals surface area contributed by atoms with Gasteiger partial charge >= 0.3 is 5.97 Å². The molecule has 0 fully saturated rings. The van der Waals surface area contributed by atoms with E-state index in [1.54, 1.807) is 0 Å². The number of carbonyl (C=O) groups is 1. The van der Waals surface area contributed by atoms with Crippen LogP contribution in [0, 0.1) is 13.8 Å². The number of rotatable bonds is 5. The lowest BCUT2D eigenvalue weighted by atomic mass is 9.85. The average Bonchev–Trinajstić information content (AvgIpc) is 3.70. The minimum atomic E-state index is -0.198. The maximum Gasteiger partial charge on any atom is 0.305 e. The van der Waals surface area contributed by atoms with Gasteiger partial charge in [-0.2, -0.15) is 0 Å². The zero-order valence-corrected chi connectivity index (χ0v) is 24.9. The van der Waals surface area contributed by atoms with Gasteiger partial charge in [-0.3, -0.25) is 9.78 Å². The summed E-state index contributed by atoms with van der Waals surface area (Å²) in [5, 5.41) is 0. The van der Waals surface area contributed by atoms with Crippen molar-refractivity contribution in [2.24, 2.45) is 0 Å². The number of hydrogen-bond donors (Lipinski definition) is 2. The Hall–Kier alpha value is -4.19. The number of aryl methyl sites for hydroxylation is 3. The largest absolute Gasteiger partial charge is 0.469 e. The second-order valence-electron chi connectivity index (χ2n) is 11.6. The Labute approximate surface area is 241 Å². The molecule has 0 aromatic carbocycles. The second kappa shape index (κ2) is 10.0. The highest BCUT2D eigenvalue weighted by Gasteiger charge is 2.36. The molecule has 0 radical (unpaired) electrons. The average molecular weight is 547 g/mol. The van der Waals surface area contributed by atoms with Gasteiger partial charge in [0.2, 0.25) is 0 Å². The lowest BCUT2D eigenvalue weighted by Crippen LogP contribution is -2.09. The van der Waals surface area contributed by atoms with Crippen LogP contribution in [0.2, 0.25) is 0 Å². The molecule has 2 atom stereocenters. The molecule has 3 aromatic heterocycles. The van der Waals surface area contributed by atoms with Crippen molar-refractivity contribution in [3.8, 4) is 0 Å². The van der Waals surface area contributed by atoms with Crippen LogP contribution in [0.4, 0.5) is 0 Å². The zero-order chi connectivity index (χ0) is 29.2. The number of esters is 1. The predicted octanol–water partition coefficient (Wildman–Crippen LogP) is 8.02. The highest BCUT2D eigenvalue weighted by atomic mass is 16.5. The van der Waals surface area contributed by atoms with Crippen LogP contribution in [0.15, 0.2) is 36.9 Å². The van der Waals surface area contributed by atoms with Crippen molar-refractivity contribution in [1.82, 2.24) is 19.9 Å². The summed E-state index contributed by atoms with van der Waals surface area (Å²) in [5.74, 6) is 0.00460. The summed E-state index contributed by atoms with van der Waals surface area (Å²) in [6, 6.07) is 6.55. The van der Waals surface area contributed by atoms with Crippen molar-refractivity contribution in [1.29, 1.82) is 0 Å². The van der Waals surface area contributed by atoms with E-state index in [0.717, 1.165) is 91.1 Å². The molecule has 3 aromatic rings. The summed E-state index contributed by atoms with van der Waals surface area (Å²) in [6.45, 7) is 19.4. The minimum Gasteiger partial charge on any atom is -0.469 e. The van der Waals surface area contributed by atoms with Gasteiger partial charge in [-0.15, -0.1) is 0 Å². The first-order chi connectivity index (χ1) is 19.7. The topological polar surface area (TPSA) is 83.7 Å². The van der Waals surface area contributed by atoms with Crippen LogP contribution < -0.4 is 0 Å². The summed E-state index contributed by atoms with van der Waals surface area (Å²) < 4.78 is 5.00. The summed E-state index contributed by atoms with van der Waals surface area (Å²) in [7, 11) is 1.45.